The van der Waals surface area contributed by atoms with E-state index in [9.17, 15) is 0 Å². The smallest absolute Gasteiger partial charge is 0.126 e. The van der Waals surface area contributed by atoms with Gasteiger partial charge in [0.15, 0.2) is 0 Å². The Morgan fingerprint density at radius 3 is 3.00 bits per heavy atom. The monoisotopic (exact) mass is 221 g/mol. The first-order chi connectivity index (χ1) is 7.74. The Kier molecular flexibility index (Phi) is 3.34. The fraction of sp³-hybridized carbons (Fsp3) is 0.538. The molecule has 0 radical (unpaired) electrons. The molecule has 1 aromatic rings. The summed E-state index contributed by atoms with van der Waals surface area (Å²) in [6, 6.07) is 6.05. The fourth-order valence-electron chi connectivity index (χ4n) is 2.13. The lowest BCUT2D eigenvalue weighted by Crippen LogP contribution is -2.43. The maximum absolute atomic E-state index is 6.09. The average Bonchev–Trinajstić information content (AvgIpc) is 2.30. The van der Waals surface area contributed by atoms with Crippen molar-refractivity contribution in [2.45, 2.75) is 38.3 Å². The van der Waals surface area contributed by atoms with Gasteiger partial charge in [0.05, 0.1) is 7.11 Å². The lowest BCUT2D eigenvalue weighted by Gasteiger charge is -2.31. The standard InChI is InChI=1S/C13H19NO2/c1-3-4-12-11(14)7-9-5-6-10(15-2)8-13(9)16-12/h5-6,8,11-12H,3-4,7,14H2,1-2H3. The lowest BCUT2D eigenvalue weighted by atomic mass is 9.95. The number of nitrogens with two attached hydrogens (primary N) is 1. The zero-order chi connectivity index (χ0) is 11.5. The van der Waals surface area contributed by atoms with Crippen molar-refractivity contribution in [1.82, 2.24) is 0 Å². The SMILES string of the molecule is CCCC1Oc2cc(OC)ccc2CC1N. The Hall–Kier alpha value is -1.22. The summed E-state index contributed by atoms with van der Waals surface area (Å²) in [6.07, 6.45) is 3.14. The first kappa shape index (κ1) is 11.3. The van der Waals surface area contributed by atoms with Crippen molar-refractivity contribution >= 4 is 0 Å². The number of fused-ring (bicyclic) bond motifs is 1. The van der Waals surface area contributed by atoms with Gasteiger partial charge in [-0.2, -0.15) is 0 Å². The maximum Gasteiger partial charge on any atom is 0.126 e. The van der Waals surface area contributed by atoms with Gasteiger partial charge in [0.25, 0.3) is 0 Å². The first-order valence-electron chi connectivity index (χ1n) is 5.83. The van der Waals surface area contributed by atoms with Crippen LogP contribution in [-0.4, -0.2) is 19.3 Å². The molecule has 1 aliphatic rings. The van der Waals surface area contributed by atoms with Gasteiger partial charge in [0, 0.05) is 12.1 Å². The van der Waals surface area contributed by atoms with E-state index < -0.39 is 0 Å². The minimum absolute atomic E-state index is 0.112. The van der Waals surface area contributed by atoms with E-state index in [0.29, 0.717) is 0 Å². The third-order valence-electron chi connectivity index (χ3n) is 3.06. The van der Waals surface area contributed by atoms with Gasteiger partial charge in [0.1, 0.15) is 17.6 Å². The molecule has 1 aromatic carbocycles. The van der Waals surface area contributed by atoms with Crippen LogP contribution in [0.1, 0.15) is 25.3 Å². The van der Waals surface area contributed by atoms with Gasteiger partial charge in [-0.3, -0.25) is 0 Å². The number of ether oxygens (including phenoxy) is 2. The van der Waals surface area contributed by atoms with Crippen molar-refractivity contribution in [1.29, 1.82) is 0 Å². The van der Waals surface area contributed by atoms with Crippen LogP contribution in [0.25, 0.3) is 0 Å². The topological polar surface area (TPSA) is 44.5 Å². The number of rotatable bonds is 3. The summed E-state index contributed by atoms with van der Waals surface area (Å²) >= 11 is 0. The van der Waals surface area contributed by atoms with Crippen LogP contribution in [0.4, 0.5) is 0 Å². The summed E-state index contributed by atoms with van der Waals surface area (Å²) in [7, 11) is 1.67. The van der Waals surface area contributed by atoms with E-state index in [0.717, 1.165) is 30.8 Å². The Balaban J connectivity index is 2.22. The largest absolute Gasteiger partial charge is 0.497 e. The number of benzene rings is 1. The van der Waals surface area contributed by atoms with Crippen molar-refractivity contribution in [2.24, 2.45) is 5.73 Å². The van der Waals surface area contributed by atoms with Crippen molar-refractivity contribution < 1.29 is 9.47 Å². The normalized spacial score (nSPS) is 23.4. The van der Waals surface area contributed by atoms with E-state index in [1.807, 2.05) is 18.2 Å². The Morgan fingerprint density at radius 2 is 2.31 bits per heavy atom. The Bertz CT molecular complexity index is 365. The van der Waals surface area contributed by atoms with E-state index in [4.69, 9.17) is 15.2 Å². The van der Waals surface area contributed by atoms with Crippen molar-refractivity contribution in [3.05, 3.63) is 23.8 Å². The zero-order valence-corrected chi connectivity index (χ0v) is 9.90. The lowest BCUT2D eigenvalue weighted by molar-refractivity contribution is 0.141. The molecule has 0 saturated carbocycles. The highest BCUT2D eigenvalue weighted by atomic mass is 16.5. The summed E-state index contributed by atoms with van der Waals surface area (Å²) in [5, 5.41) is 0. The molecule has 2 atom stereocenters. The predicted molar refractivity (Wildman–Crippen MR) is 64.0 cm³/mol. The molecule has 2 unspecified atom stereocenters. The average molecular weight is 221 g/mol. The molecule has 3 heteroatoms. The molecule has 0 spiro atoms. The predicted octanol–water partition coefficient (Wildman–Crippen LogP) is 2.13. The molecular weight excluding hydrogens is 202 g/mol. The van der Waals surface area contributed by atoms with Crippen molar-refractivity contribution in [3.8, 4) is 11.5 Å². The number of hydrogen-bond acceptors (Lipinski definition) is 3. The number of hydrogen-bond donors (Lipinski definition) is 1. The molecule has 1 heterocycles. The van der Waals surface area contributed by atoms with Gasteiger partial charge in [-0.1, -0.05) is 19.4 Å². The molecule has 16 heavy (non-hydrogen) atoms. The minimum atomic E-state index is 0.112. The van der Waals surface area contributed by atoms with Gasteiger partial charge in [0.2, 0.25) is 0 Å². The van der Waals surface area contributed by atoms with Crippen molar-refractivity contribution in [3.63, 3.8) is 0 Å². The highest BCUT2D eigenvalue weighted by Gasteiger charge is 2.26. The second-order valence-electron chi connectivity index (χ2n) is 4.29. The van der Waals surface area contributed by atoms with Crippen LogP contribution in [0.2, 0.25) is 0 Å². The Labute approximate surface area is 96.5 Å². The Morgan fingerprint density at radius 1 is 1.50 bits per heavy atom. The van der Waals surface area contributed by atoms with Crippen LogP contribution >= 0.6 is 0 Å². The second kappa shape index (κ2) is 4.74. The van der Waals surface area contributed by atoms with Crippen LogP contribution < -0.4 is 15.2 Å². The van der Waals surface area contributed by atoms with E-state index in [2.05, 4.69) is 6.92 Å². The third kappa shape index (κ3) is 2.14. The molecule has 0 aliphatic carbocycles. The maximum atomic E-state index is 6.09. The summed E-state index contributed by atoms with van der Waals surface area (Å²) in [4.78, 5) is 0. The van der Waals surface area contributed by atoms with Gasteiger partial charge < -0.3 is 15.2 Å². The molecule has 88 valence electrons. The summed E-state index contributed by atoms with van der Waals surface area (Å²) in [5.41, 5.74) is 7.28. The van der Waals surface area contributed by atoms with Gasteiger partial charge in [-0.05, 0) is 24.5 Å². The van der Waals surface area contributed by atoms with Gasteiger partial charge >= 0.3 is 0 Å². The van der Waals surface area contributed by atoms with E-state index in [1.165, 1.54) is 5.56 Å². The van der Waals surface area contributed by atoms with E-state index in [1.54, 1.807) is 7.11 Å². The van der Waals surface area contributed by atoms with Crippen LogP contribution in [0.5, 0.6) is 11.5 Å². The molecule has 0 aromatic heterocycles. The summed E-state index contributed by atoms with van der Waals surface area (Å²) in [5.74, 6) is 1.77. The summed E-state index contributed by atoms with van der Waals surface area (Å²) in [6.45, 7) is 2.15. The summed E-state index contributed by atoms with van der Waals surface area (Å²) < 4.78 is 11.1. The quantitative estimate of drug-likeness (QED) is 0.850. The highest BCUT2D eigenvalue weighted by molar-refractivity contribution is 5.42. The van der Waals surface area contributed by atoms with E-state index >= 15 is 0 Å². The number of methoxy groups -OCH3 is 1. The highest BCUT2D eigenvalue weighted by Crippen LogP contribution is 2.31. The first-order valence-corrected chi connectivity index (χ1v) is 5.83. The molecule has 0 fully saturated rings. The molecule has 2 N–H and O–H groups in total. The van der Waals surface area contributed by atoms with Crippen molar-refractivity contribution in [2.75, 3.05) is 7.11 Å². The molecule has 0 saturated heterocycles. The van der Waals surface area contributed by atoms with Crippen LogP contribution in [0.15, 0.2) is 18.2 Å². The van der Waals surface area contributed by atoms with Crippen LogP contribution in [-0.2, 0) is 6.42 Å². The third-order valence-corrected chi connectivity index (χ3v) is 3.06. The fourth-order valence-corrected chi connectivity index (χ4v) is 2.13. The van der Waals surface area contributed by atoms with Gasteiger partial charge in [-0.25, -0.2) is 0 Å². The molecule has 3 nitrogen and oxygen atoms in total. The minimum Gasteiger partial charge on any atom is -0.497 e. The molecular formula is C13H19NO2. The molecule has 2 rings (SSSR count). The second-order valence-corrected chi connectivity index (χ2v) is 4.29. The molecule has 1 aliphatic heterocycles. The van der Waals surface area contributed by atoms with Crippen LogP contribution in [0, 0.1) is 0 Å². The molecule has 0 bridgehead atoms. The molecule has 0 amide bonds. The van der Waals surface area contributed by atoms with Crippen LogP contribution in [0.3, 0.4) is 0 Å². The van der Waals surface area contributed by atoms with Gasteiger partial charge in [-0.15, -0.1) is 0 Å². The zero-order valence-electron chi connectivity index (χ0n) is 9.90. The van der Waals surface area contributed by atoms with E-state index in [-0.39, 0.29) is 12.1 Å².